The van der Waals surface area contributed by atoms with Crippen molar-refractivity contribution in [1.29, 1.82) is 0 Å². The third-order valence-electron chi connectivity index (χ3n) is 3.39. The highest BCUT2D eigenvalue weighted by molar-refractivity contribution is 6.45. The molecule has 126 valence electrons. The van der Waals surface area contributed by atoms with Crippen LogP contribution in [0.2, 0.25) is 0 Å². The lowest BCUT2D eigenvalue weighted by molar-refractivity contribution is -0.114. The first-order valence-electron chi connectivity index (χ1n) is 7.82. The summed E-state index contributed by atoms with van der Waals surface area (Å²) in [5, 5.41) is 6.64. The van der Waals surface area contributed by atoms with Gasteiger partial charge in [-0.05, 0) is 37.1 Å². The molecule has 0 saturated heterocycles. The minimum absolute atomic E-state index is 0.239. The highest BCUT2D eigenvalue weighted by Crippen LogP contribution is 2.17. The number of nitrogens with zero attached hydrogens (tertiary/aromatic N) is 1. The number of hydrogen-bond acceptors (Lipinski definition) is 4. The smallest absolute Gasteiger partial charge is 0.273 e. The van der Waals surface area contributed by atoms with Crippen LogP contribution in [0.5, 0.6) is 5.75 Å². The summed E-state index contributed by atoms with van der Waals surface area (Å²) in [7, 11) is 1.42. The minimum atomic E-state index is -0.276. The van der Waals surface area contributed by atoms with Gasteiger partial charge in [0.2, 0.25) is 0 Å². The van der Waals surface area contributed by atoms with Crippen LogP contribution in [-0.4, -0.2) is 25.3 Å². The van der Waals surface area contributed by atoms with Crippen molar-refractivity contribution >= 4 is 11.6 Å². The second-order valence-electron chi connectivity index (χ2n) is 5.24. The summed E-state index contributed by atoms with van der Waals surface area (Å²) in [5.41, 5.74) is 2.92. The molecule has 5 heteroatoms. The zero-order valence-electron chi connectivity index (χ0n) is 14.2. The highest BCUT2D eigenvalue weighted by atomic mass is 16.6. The summed E-state index contributed by atoms with van der Waals surface area (Å²) in [6.45, 7) is 4.72. The van der Waals surface area contributed by atoms with E-state index < -0.39 is 0 Å². The molecule has 5 nitrogen and oxygen atoms in total. The summed E-state index contributed by atoms with van der Waals surface area (Å²) in [5.74, 6) is 0.510. The first kappa shape index (κ1) is 17.5. The van der Waals surface area contributed by atoms with Crippen molar-refractivity contribution in [2.45, 2.75) is 20.5 Å². The summed E-state index contributed by atoms with van der Waals surface area (Å²) in [4.78, 5) is 17.1. The highest BCUT2D eigenvalue weighted by Gasteiger charge is 2.18. The van der Waals surface area contributed by atoms with Crippen molar-refractivity contribution in [3.8, 4) is 5.75 Å². The molecule has 0 bridgehead atoms. The maximum Gasteiger partial charge on any atom is 0.273 e. The summed E-state index contributed by atoms with van der Waals surface area (Å²) >= 11 is 0. The van der Waals surface area contributed by atoms with E-state index in [1.807, 2.05) is 62.4 Å². The second-order valence-corrected chi connectivity index (χ2v) is 5.24. The predicted octanol–water partition coefficient (Wildman–Crippen LogP) is 3.06. The first-order valence-corrected chi connectivity index (χ1v) is 7.82. The van der Waals surface area contributed by atoms with Gasteiger partial charge in [-0.25, -0.2) is 0 Å². The number of benzene rings is 2. The number of carbonyl (C=O) groups excluding carboxylic acids is 1. The quantitative estimate of drug-likeness (QED) is 0.628. The largest absolute Gasteiger partial charge is 0.489 e. The van der Waals surface area contributed by atoms with Crippen LogP contribution in [0, 0.1) is 6.92 Å². The molecule has 0 spiro atoms. The number of likely N-dealkylation sites (N-methyl/N-ethyl adjacent to an activating group) is 1. The molecule has 0 aliphatic carbocycles. The van der Waals surface area contributed by atoms with E-state index in [1.54, 1.807) is 0 Å². The maximum absolute atomic E-state index is 12.2. The van der Waals surface area contributed by atoms with Crippen molar-refractivity contribution in [3.63, 3.8) is 0 Å². The van der Waals surface area contributed by atoms with Crippen molar-refractivity contribution in [2.24, 2.45) is 5.16 Å². The molecule has 24 heavy (non-hydrogen) atoms. The second kappa shape index (κ2) is 8.72. The van der Waals surface area contributed by atoms with E-state index >= 15 is 0 Å². The average Bonchev–Trinajstić information content (AvgIpc) is 2.58. The lowest BCUT2D eigenvalue weighted by atomic mass is 10.0. The Morgan fingerprint density at radius 1 is 1.17 bits per heavy atom. The van der Waals surface area contributed by atoms with Crippen LogP contribution in [0.25, 0.3) is 0 Å². The van der Waals surface area contributed by atoms with Gasteiger partial charge in [-0.2, -0.15) is 0 Å². The molecule has 0 aliphatic heterocycles. The Bertz CT molecular complexity index is 726. The molecular formula is C19H22N2O3. The van der Waals surface area contributed by atoms with Crippen molar-refractivity contribution in [2.75, 3.05) is 13.7 Å². The predicted molar refractivity (Wildman–Crippen MR) is 94.2 cm³/mol. The normalized spacial score (nSPS) is 11.0. The van der Waals surface area contributed by atoms with E-state index in [0.29, 0.717) is 18.7 Å². The standard InChI is InChI=1S/C19H22N2O3/c1-4-20-19(22)18(21-23-3)17-11-6-5-9-15(17)13-24-16-10-7-8-14(2)12-16/h5-12H,4,13H2,1-3H3,(H,20,22)/b21-18+. The molecule has 1 amide bonds. The molecule has 0 saturated carbocycles. The van der Waals surface area contributed by atoms with Gasteiger partial charge in [-0.15, -0.1) is 0 Å². The Kier molecular flexibility index (Phi) is 6.37. The van der Waals surface area contributed by atoms with E-state index in [9.17, 15) is 4.79 Å². The van der Waals surface area contributed by atoms with Gasteiger partial charge < -0.3 is 14.9 Å². The zero-order chi connectivity index (χ0) is 17.4. The molecule has 2 aromatic rings. The average molecular weight is 326 g/mol. The topological polar surface area (TPSA) is 59.9 Å². The molecule has 2 rings (SSSR count). The molecule has 2 aromatic carbocycles. The van der Waals surface area contributed by atoms with Crippen LogP contribution in [0.4, 0.5) is 0 Å². The van der Waals surface area contributed by atoms with Gasteiger partial charge in [0.05, 0.1) is 0 Å². The Labute approximate surface area is 142 Å². The monoisotopic (exact) mass is 326 g/mol. The number of aryl methyl sites for hydroxylation is 1. The lowest BCUT2D eigenvalue weighted by Gasteiger charge is -2.12. The van der Waals surface area contributed by atoms with Crippen LogP contribution in [-0.2, 0) is 16.2 Å². The molecule has 0 heterocycles. The van der Waals surface area contributed by atoms with Gasteiger partial charge in [-0.1, -0.05) is 41.6 Å². The number of ether oxygens (including phenoxy) is 1. The fraction of sp³-hybridized carbons (Fsp3) is 0.263. The van der Waals surface area contributed by atoms with Gasteiger partial charge in [0, 0.05) is 12.1 Å². The van der Waals surface area contributed by atoms with Crippen LogP contribution in [0.3, 0.4) is 0 Å². The first-order chi connectivity index (χ1) is 11.7. The number of nitrogens with one attached hydrogen (secondary N) is 1. The Balaban J connectivity index is 2.25. The Morgan fingerprint density at radius 3 is 2.67 bits per heavy atom. The number of amides is 1. The number of rotatable bonds is 7. The van der Waals surface area contributed by atoms with Gasteiger partial charge in [0.1, 0.15) is 19.5 Å². The summed E-state index contributed by atoms with van der Waals surface area (Å²) < 4.78 is 5.85. The van der Waals surface area contributed by atoms with Crippen molar-refractivity contribution < 1.29 is 14.4 Å². The fourth-order valence-corrected chi connectivity index (χ4v) is 2.29. The fourth-order valence-electron chi connectivity index (χ4n) is 2.29. The van der Waals surface area contributed by atoms with Gasteiger partial charge in [-0.3, -0.25) is 4.79 Å². The Hall–Kier alpha value is -2.82. The number of oxime groups is 1. The molecule has 1 N–H and O–H groups in total. The number of hydrogen-bond donors (Lipinski definition) is 1. The van der Waals surface area contributed by atoms with Gasteiger partial charge in [0.25, 0.3) is 5.91 Å². The van der Waals surface area contributed by atoms with Crippen LogP contribution < -0.4 is 10.1 Å². The molecule has 0 atom stereocenters. The van der Waals surface area contributed by atoms with Crippen molar-refractivity contribution in [1.82, 2.24) is 5.32 Å². The molecule has 0 unspecified atom stereocenters. The maximum atomic E-state index is 12.2. The third kappa shape index (κ3) is 4.59. The van der Waals surface area contributed by atoms with Gasteiger partial charge >= 0.3 is 0 Å². The molecule has 0 radical (unpaired) electrons. The van der Waals surface area contributed by atoms with E-state index in [2.05, 4.69) is 10.5 Å². The lowest BCUT2D eigenvalue weighted by Crippen LogP contribution is -2.32. The number of carbonyl (C=O) groups is 1. The van der Waals surface area contributed by atoms with E-state index in [4.69, 9.17) is 9.57 Å². The van der Waals surface area contributed by atoms with Crippen LogP contribution in [0.15, 0.2) is 53.7 Å². The van der Waals surface area contributed by atoms with Gasteiger partial charge in [0.15, 0.2) is 5.71 Å². The summed E-state index contributed by atoms with van der Waals surface area (Å²) in [6.07, 6.45) is 0. The van der Waals surface area contributed by atoms with Crippen molar-refractivity contribution in [3.05, 3.63) is 65.2 Å². The van der Waals surface area contributed by atoms with E-state index in [1.165, 1.54) is 7.11 Å². The third-order valence-corrected chi connectivity index (χ3v) is 3.39. The SMILES string of the molecule is CCNC(=O)/C(=N/OC)c1ccccc1COc1cccc(C)c1. The molecular weight excluding hydrogens is 304 g/mol. The Morgan fingerprint density at radius 2 is 1.96 bits per heavy atom. The van der Waals surface area contributed by atoms with E-state index in [-0.39, 0.29) is 11.6 Å². The zero-order valence-corrected chi connectivity index (χ0v) is 14.2. The molecule has 0 fully saturated rings. The molecule has 0 aromatic heterocycles. The van der Waals surface area contributed by atoms with E-state index in [0.717, 1.165) is 16.9 Å². The van der Waals surface area contributed by atoms with Crippen LogP contribution in [0.1, 0.15) is 23.6 Å². The summed E-state index contributed by atoms with van der Waals surface area (Å²) in [6, 6.07) is 15.3. The molecule has 0 aliphatic rings. The van der Waals surface area contributed by atoms with Crippen LogP contribution >= 0.6 is 0 Å². The minimum Gasteiger partial charge on any atom is -0.489 e.